The molecule has 0 aliphatic heterocycles. The monoisotopic (exact) mass is 294 g/mol. The van der Waals surface area contributed by atoms with E-state index in [4.69, 9.17) is 10.4 Å². The molecule has 0 bridgehead atoms. The third kappa shape index (κ3) is 3.51. The molecular weight excluding hydrogens is 276 g/mol. The molecule has 0 saturated heterocycles. The van der Waals surface area contributed by atoms with Crippen LogP contribution in [0.1, 0.15) is 25.0 Å². The Balaban J connectivity index is 2.15. The van der Waals surface area contributed by atoms with Crippen LogP contribution in [0.25, 0.3) is 11.1 Å². The van der Waals surface area contributed by atoms with E-state index >= 15 is 0 Å². The number of nitrogens with zero attached hydrogens (tertiary/aromatic N) is 1. The average Bonchev–Trinajstić information content (AvgIpc) is 2.53. The van der Waals surface area contributed by atoms with E-state index in [0.717, 1.165) is 16.7 Å². The SMILES string of the molecule is CC(C)(NCc1ccc(-c2ccccc2C#N)cc1)C(=O)O. The van der Waals surface area contributed by atoms with E-state index in [1.54, 1.807) is 19.9 Å². The van der Waals surface area contributed by atoms with Crippen molar-refractivity contribution in [2.75, 3.05) is 0 Å². The molecule has 4 heteroatoms. The molecule has 0 amide bonds. The Bertz CT molecular complexity index is 713. The molecular formula is C18H18N2O2. The van der Waals surface area contributed by atoms with E-state index < -0.39 is 11.5 Å². The molecule has 0 saturated carbocycles. The van der Waals surface area contributed by atoms with Gasteiger partial charge in [0, 0.05) is 6.54 Å². The summed E-state index contributed by atoms with van der Waals surface area (Å²) in [5.41, 5.74) is 2.54. The fourth-order valence-electron chi connectivity index (χ4n) is 2.03. The molecule has 0 fully saturated rings. The highest BCUT2D eigenvalue weighted by atomic mass is 16.4. The third-order valence-electron chi connectivity index (χ3n) is 3.58. The Morgan fingerprint density at radius 3 is 2.41 bits per heavy atom. The van der Waals surface area contributed by atoms with Gasteiger partial charge in [0.1, 0.15) is 5.54 Å². The maximum absolute atomic E-state index is 11.1. The Morgan fingerprint density at radius 2 is 1.82 bits per heavy atom. The molecule has 2 aromatic carbocycles. The summed E-state index contributed by atoms with van der Waals surface area (Å²) < 4.78 is 0. The lowest BCUT2D eigenvalue weighted by Crippen LogP contribution is -2.46. The number of carboxylic acid groups (broad SMARTS) is 1. The van der Waals surface area contributed by atoms with Crippen LogP contribution >= 0.6 is 0 Å². The fraction of sp³-hybridized carbons (Fsp3) is 0.222. The van der Waals surface area contributed by atoms with Gasteiger partial charge >= 0.3 is 5.97 Å². The number of nitrogens with one attached hydrogen (secondary N) is 1. The van der Waals surface area contributed by atoms with Crippen molar-refractivity contribution in [3.63, 3.8) is 0 Å². The first-order chi connectivity index (χ1) is 10.4. The van der Waals surface area contributed by atoms with E-state index in [1.807, 2.05) is 42.5 Å². The van der Waals surface area contributed by atoms with Gasteiger partial charge in [0.15, 0.2) is 0 Å². The lowest BCUT2D eigenvalue weighted by molar-refractivity contribution is -0.143. The van der Waals surface area contributed by atoms with Crippen LogP contribution in [-0.2, 0) is 11.3 Å². The molecule has 2 N–H and O–H groups in total. The molecule has 22 heavy (non-hydrogen) atoms. The zero-order valence-electron chi connectivity index (χ0n) is 12.6. The largest absolute Gasteiger partial charge is 0.480 e. The highest BCUT2D eigenvalue weighted by Gasteiger charge is 2.25. The van der Waals surface area contributed by atoms with E-state index in [1.165, 1.54) is 0 Å². The quantitative estimate of drug-likeness (QED) is 0.888. The van der Waals surface area contributed by atoms with Crippen molar-refractivity contribution < 1.29 is 9.90 Å². The van der Waals surface area contributed by atoms with E-state index in [9.17, 15) is 4.79 Å². The van der Waals surface area contributed by atoms with Crippen molar-refractivity contribution in [2.45, 2.75) is 25.9 Å². The minimum atomic E-state index is -0.966. The molecule has 4 nitrogen and oxygen atoms in total. The number of aliphatic carboxylic acids is 1. The van der Waals surface area contributed by atoms with Crippen LogP contribution in [0.3, 0.4) is 0 Å². The fourth-order valence-corrected chi connectivity index (χ4v) is 2.03. The van der Waals surface area contributed by atoms with Crippen LogP contribution < -0.4 is 5.32 Å². The highest BCUT2D eigenvalue weighted by molar-refractivity contribution is 5.77. The summed E-state index contributed by atoms with van der Waals surface area (Å²) in [6.07, 6.45) is 0. The topological polar surface area (TPSA) is 73.1 Å². The molecule has 2 rings (SSSR count). The third-order valence-corrected chi connectivity index (χ3v) is 3.58. The number of rotatable bonds is 5. The Hall–Kier alpha value is -2.64. The Labute approximate surface area is 130 Å². The van der Waals surface area contributed by atoms with Gasteiger partial charge in [-0.1, -0.05) is 42.5 Å². The second-order valence-electron chi connectivity index (χ2n) is 5.64. The molecule has 0 heterocycles. The van der Waals surface area contributed by atoms with Gasteiger partial charge in [-0.2, -0.15) is 5.26 Å². The number of carbonyl (C=O) groups is 1. The first-order valence-electron chi connectivity index (χ1n) is 7.01. The van der Waals surface area contributed by atoms with Crippen LogP contribution in [0.2, 0.25) is 0 Å². The molecule has 0 unspecified atom stereocenters. The van der Waals surface area contributed by atoms with Crippen LogP contribution in [0.15, 0.2) is 48.5 Å². The minimum Gasteiger partial charge on any atom is -0.480 e. The average molecular weight is 294 g/mol. The highest BCUT2D eigenvalue weighted by Crippen LogP contribution is 2.23. The van der Waals surface area contributed by atoms with Crippen molar-refractivity contribution >= 4 is 5.97 Å². The van der Waals surface area contributed by atoms with Crippen molar-refractivity contribution in [3.8, 4) is 17.2 Å². The van der Waals surface area contributed by atoms with Gasteiger partial charge in [-0.3, -0.25) is 10.1 Å². The minimum absolute atomic E-state index is 0.472. The number of benzene rings is 2. The first kappa shape index (κ1) is 15.7. The second kappa shape index (κ2) is 6.42. The normalized spacial score (nSPS) is 11.0. The molecule has 0 radical (unpaired) electrons. The van der Waals surface area contributed by atoms with Crippen LogP contribution in [-0.4, -0.2) is 16.6 Å². The van der Waals surface area contributed by atoms with Crippen molar-refractivity contribution in [1.29, 1.82) is 5.26 Å². The number of carboxylic acids is 1. The molecule has 112 valence electrons. The molecule has 0 aromatic heterocycles. The smallest absolute Gasteiger partial charge is 0.323 e. The number of nitriles is 1. The maximum atomic E-state index is 11.1. The summed E-state index contributed by atoms with van der Waals surface area (Å²) in [6.45, 7) is 3.74. The Morgan fingerprint density at radius 1 is 1.18 bits per heavy atom. The van der Waals surface area contributed by atoms with Gasteiger partial charge in [0.05, 0.1) is 11.6 Å². The zero-order chi connectivity index (χ0) is 16.2. The van der Waals surface area contributed by atoms with Gasteiger partial charge in [0.25, 0.3) is 0 Å². The lowest BCUT2D eigenvalue weighted by atomic mass is 9.99. The van der Waals surface area contributed by atoms with Crippen LogP contribution in [0.4, 0.5) is 0 Å². The van der Waals surface area contributed by atoms with Gasteiger partial charge < -0.3 is 5.11 Å². The van der Waals surface area contributed by atoms with E-state index in [0.29, 0.717) is 12.1 Å². The van der Waals surface area contributed by atoms with Gasteiger partial charge in [-0.25, -0.2) is 0 Å². The first-order valence-corrected chi connectivity index (χ1v) is 7.01. The summed E-state index contributed by atoms with van der Waals surface area (Å²) in [5, 5.41) is 21.2. The van der Waals surface area contributed by atoms with Crippen molar-refractivity contribution in [3.05, 3.63) is 59.7 Å². The van der Waals surface area contributed by atoms with Crippen LogP contribution in [0, 0.1) is 11.3 Å². The molecule has 0 aliphatic carbocycles. The van der Waals surface area contributed by atoms with Gasteiger partial charge in [-0.15, -0.1) is 0 Å². The summed E-state index contributed by atoms with van der Waals surface area (Å²) in [6, 6.07) is 17.4. The number of hydrogen-bond donors (Lipinski definition) is 2. The zero-order valence-corrected chi connectivity index (χ0v) is 12.6. The van der Waals surface area contributed by atoms with Crippen molar-refractivity contribution in [1.82, 2.24) is 5.32 Å². The standard InChI is InChI=1S/C18H18N2O2/c1-18(2,17(21)22)20-12-13-7-9-14(10-8-13)16-6-4-3-5-15(16)11-19/h3-10,20H,12H2,1-2H3,(H,21,22). The lowest BCUT2D eigenvalue weighted by Gasteiger charge is -2.21. The second-order valence-corrected chi connectivity index (χ2v) is 5.64. The summed E-state index contributed by atoms with van der Waals surface area (Å²) in [4.78, 5) is 11.1. The van der Waals surface area contributed by atoms with Gasteiger partial charge in [-0.05, 0) is 36.6 Å². The van der Waals surface area contributed by atoms with Crippen molar-refractivity contribution in [2.24, 2.45) is 0 Å². The molecule has 0 spiro atoms. The van der Waals surface area contributed by atoms with E-state index in [2.05, 4.69) is 11.4 Å². The number of hydrogen-bond acceptors (Lipinski definition) is 3. The Kier molecular flexibility index (Phi) is 4.59. The predicted octanol–water partition coefficient (Wildman–Crippen LogP) is 3.18. The molecule has 0 atom stereocenters. The summed E-state index contributed by atoms with van der Waals surface area (Å²) in [5.74, 6) is -0.882. The maximum Gasteiger partial charge on any atom is 0.323 e. The summed E-state index contributed by atoms with van der Waals surface area (Å²) in [7, 11) is 0. The van der Waals surface area contributed by atoms with Crippen LogP contribution in [0.5, 0.6) is 0 Å². The molecule has 0 aliphatic rings. The van der Waals surface area contributed by atoms with Gasteiger partial charge in [0.2, 0.25) is 0 Å². The molecule has 2 aromatic rings. The van der Waals surface area contributed by atoms with E-state index in [-0.39, 0.29) is 0 Å². The predicted molar refractivity (Wildman–Crippen MR) is 85.1 cm³/mol. The summed E-state index contributed by atoms with van der Waals surface area (Å²) >= 11 is 0.